The molecule has 0 radical (unpaired) electrons. The molecule has 0 aliphatic heterocycles. The zero-order valence-electron chi connectivity index (χ0n) is 22.5. The summed E-state index contributed by atoms with van der Waals surface area (Å²) < 4.78 is 12.7. The topological polar surface area (TPSA) is 65.4 Å². The number of hydrogen-bond acceptors (Lipinski definition) is 4. The molecule has 0 aliphatic rings. The molecule has 0 bridgehead atoms. The summed E-state index contributed by atoms with van der Waals surface area (Å²) in [5.74, 6) is 1.05. The van der Waals surface area contributed by atoms with E-state index in [9.17, 15) is 4.79 Å². The van der Waals surface area contributed by atoms with Gasteiger partial charge in [-0.1, -0.05) is 78.4 Å². The Bertz CT molecular complexity index is 1550. The third-order valence-corrected chi connectivity index (χ3v) is 6.75. The van der Waals surface area contributed by atoms with Crippen molar-refractivity contribution in [3.8, 4) is 28.4 Å². The molecule has 0 saturated carbocycles. The number of carbonyl (C=O) groups excluding carboxylic acids is 1. The number of ether oxygens (including phenoxy) is 2. The van der Waals surface area contributed by atoms with Crippen LogP contribution in [0.5, 0.6) is 11.5 Å². The molecule has 0 aliphatic carbocycles. The molecule has 0 atom stereocenters. The van der Waals surface area contributed by atoms with Gasteiger partial charge in [0.25, 0.3) is 5.91 Å². The summed E-state index contributed by atoms with van der Waals surface area (Å²) in [5, 5.41) is 8.18. The van der Waals surface area contributed by atoms with Gasteiger partial charge < -0.3 is 14.8 Å². The van der Waals surface area contributed by atoms with Crippen molar-refractivity contribution in [2.24, 2.45) is 0 Å². The van der Waals surface area contributed by atoms with Gasteiger partial charge in [0.05, 0.1) is 31.6 Å². The summed E-state index contributed by atoms with van der Waals surface area (Å²) in [6, 6.07) is 33.1. The molecule has 5 aromatic rings. The summed E-state index contributed by atoms with van der Waals surface area (Å²) in [6.07, 6.45) is 0. The Labute approximate surface area is 228 Å². The third-order valence-electron chi connectivity index (χ3n) is 6.75. The van der Waals surface area contributed by atoms with E-state index in [1.807, 2.05) is 111 Å². The second kappa shape index (κ2) is 11.3. The predicted molar refractivity (Wildman–Crippen MR) is 154 cm³/mol. The highest BCUT2D eigenvalue weighted by molar-refractivity contribution is 5.95. The Kier molecular flexibility index (Phi) is 7.46. The lowest BCUT2D eigenvalue weighted by atomic mass is 9.98. The fraction of sp³-hybridized carbons (Fsp3) is 0.152. The number of rotatable bonds is 8. The number of benzene rings is 4. The van der Waals surface area contributed by atoms with Crippen molar-refractivity contribution in [3.63, 3.8) is 0 Å². The lowest BCUT2D eigenvalue weighted by Crippen LogP contribution is -2.31. The minimum Gasteiger partial charge on any atom is -0.497 e. The summed E-state index contributed by atoms with van der Waals surface area (Å²) in [5.41, 5.74) is 6.78. The lowest BCUT2D eigenvalue weighted by Gasteiger charge is -2.20. The standard InChI is InChI=1S/C33H31N3O3/c1-22-15-18-29(23(2)19-22)36-30(21-28(35-36)27-17-16-26(38-3)20-31(27)39-4)33(37)34-32(24-11-7-5-8-12-24)25-13-9-6-10-14-25/h5-21,32H,1-4H3,(H,34,37). The molecular formula is C33H31N3O3. The highest BCUT2D eigenvalue weighted by atomic mass is 16.5. The molecule has 0 spiro atoms. The van der Waals surface area contributed by atoms with Crippen LogP contribution in [0.1, 0.15) is 38.8 Å². The average Bonchev–Trinajstić information content (AvgIpc) is 3.41. The quantitative estimate of drug-likeness (QED) is 0.249. The van der Waals surface area contributed by atoms with E-state index < -0.39 is 0 Å². The first-order valence-corrected chi connectivity index (χ1v) is 12.8. The Morgan fingerprint density at radius 2 is 1.46 bits per heavy atom. The van der Waals surface area contributed by atoms with Crippen LogP contribution < -0.4 is 14.8 Å². The Balaban J connectivity index is 1.62. The number of amides is 1. The highest BCUT2D eigenvalue weighted by Crippen LogP contribution is 2.34. The van der Waals surface area contributed by atoms with Crippen LogP contribution >= 0.6 is 0 Å². The Morgan fingerprint density at radius 1 is 0.795 bits per heavy atom. The summed E-state index contributed by atoms with van der Waals surface area (Å²) in [6.45, 7) is 4.07. The maximum absolute atomic E-state index is 14.1. The van der Waals surface area contributed by atoms with Gasteiger partial charge in [-0.05, 0) is 54.8 Å². The van der Waals surface area contributed by atoms with Crippen LogP contribution in [0, 0.1) is 13.8 Å². The molecule has 1 aromatic heterocycles. The molecule has 0 saturated heterocycles. The number of aryl methyl sites for hydroxylation is 2. The number of hydrogen-bond donors (Lipinski definition) is 1. The molecule has 1 N–H and O–H groups in total. The van der Waals surface area contributed by atoms with E-state index in [2.05, 4.69) is 11.4 Å². The molecular weight excluding hydrogens is 486 g/mol. The van der Waals surface area contributed by atoms with Gasteiger partial charge in [-0.3, -0.25) is 4.79 Å². The minimum atomic E-state index is -0.332. The van der Waals surface area contributed by atoms with Crippen LogP contribution in [0.25, 0.3) is 16.9 Å². The van der Waals surface area contributed by atoms with E-state index in [1.165, 1.54) is 0 Å². The minimum absolute atomic E-state index is 0.237. The fourth-order valence-corrected chi connectivity index (χ4v) is 4.77. The first-order valence-electron chi connectivity index (χ1n) is 12.8. The van der Waals surface area contributed by atoms with E-state index in [0.717, 1.165) is 33.5 Å². The first kappa shape index (κ1) is 25.8. The number of methoxy groups -OCH3 is 2. The molecule has 1 amide bonds. The molecule has 0 unspecified atom stereocenters. The van der Waals surface area contributed by atoms with Crippen LogP contribution in [-0.4, -0.2) is 29.9 Å². The maximum Gasteiger partial charge on any atom is 0.270 e. The Morgan fingerprint density at radius 3 is 2.05 bits per heavy atom. The molecule has 6 nitrogen and oxygen atoms in total. The van der Waals surface area contributed by atoms with Gasteiger partial charge in [0.1, 0.15) is 17.2 Å². The highest BCUT2D eigenvalue weighted by Gasteiger charge is 2.24. The summed E-state index contributed by atoms with van der Waals surface area (Å²) >= 11 is 0. The van der Waals surface area contributed by atoms with E-state index in [1.54, 1.807) is 18.9 Å². The van der Waals surface area contributed by atoms with Gasteiger partial charge in [0.15, 0.2) is 0 Å². The largest absolute Gasteiger partial charge is 0.497 e. The third kappa shape index (κ3) is 5.41. The van der Waals surface area contributed by atoms with E-state index in [-0.39, 0.29) is 11.9 Å². The van der Waals surface area contributed by atoms with Gasteiger partial charge in [-0.25, -0.2) is 4.68 Å². The smallest absolute Gasteiger partial charge is 0.270 e. The van der Waals surface area contributed by atoms with Gasteiger partial charge in [0, 0.05) is 11.6 Å². The predicted octanol–water partition coefficient (Wildman–Crippen LogP) is 6.69. The summed E-state index contributed by atoms with van der Waals surface area (Å²) in [7, 11) is 3.22. The molecule has 196 valence electrons. The van der Waals surface area contributed by atoms with Crippen LogP contribution in [0.3, 0.4) is 0 Å². The van der Waals surface area contributed by atoms with Crippen molar-refractivity contribution in [2.75, 3.05) is 14.2 Å². The van der Waals surface area contributed by atoms with Crippen LogP contribution in [0.15, 0.2) is 103 Å². The lowest BCUT2D eigenvalue weighted by molar-refractivity contribution is 0.0935. The molecule has 0 fully saturated rings. The van der Waals surface area contributed by atoms with Crippen LogP contribution in [0.4, 0.5) is 0 Å². The van der Waals surface area contributed by atoms with E-state index in [4.69, 9.17) is 14.6 Å². The van der Waals surface area contributed by atoms with Crippen molar-refractivity contribution in [1.29, 1.82) is 0 Å². The average molecular weight is 518 g/mol. The fourth-order valence-electron chi connectivity index (χ4n) is 4.77. The molecule has 6 heteroatoms. The van der Waals surface area contributed by atoms with Crippen molar-refractivity contribution in [3.05, 3.63) is 131 Å². The zero-order chi connectivity index (χ0) is 27.4. The normalized spacial score (nSPS) is 10.9. The molecule has 4 aromatic carbocycles. The second-order valence-corrected chi connectivity index (χ2v) is 9.41. The number of carbonyl (C=O) groups is 1. The molecule has 1 heterocycles. The zero-order valence-corrected chi connectivity index (χ0v) is 22.5. The Hall–Kier alpha value is -4.84. The maximum atomic E-state index is 14.1. The SMILES string of the molecule is COc1ccc(-c2cc(C(=O)NC(c3ccccc3)c3ccccc3)n(-c3ccc(C)cc3C)n2)c(OC)c1. The monoisotopic (exact) mass is 517 g/mol. The van der Waals surface area contributed by atoms with Crippen molar-refractivity contribution in [1.82, 2.24) is 15.1 Å². The number of aromatic nitrogens is 2. The first-order chi connectivity index (χ1) is 19.0. The number of nitrogens with one attached hydrogen (secondary N) is 1. The molecule has 39 heavy (non-hydrogen) atoms. The van der Waals surface area contributed by atoms with Crippen LogP contribution in [-0.2, 0) is 0 Å². The van der Waals surface area contributed by atoms with Gasteiger partial charge in [-0.15, -0.1) is 0 Å². The van der Waals surface area contributed by atoms with Crippen molar-refractivity contribution in [2.45, 2.75) is 19.9 Å². The van der Waals surface area contributed by atoms with E-state index >= 15 is 0 Å². The second-order valence-electron chi connectivity index (χ2n) is 9.41. The summed E-state index contributed by atoms with van der Waals surface area (Å²) in [4.78, 5) is 14.1. The molecule has 5 rings (SSSR count). The van der Waals surface area contributed by atoms with Gasteiger partial charge in [0.2, 0.25) is 0 Å². The van der Waals surface area contributed by atoms with Crippen LogP contribution in [0.2, 0.25) is 0 Å². The van der Waals surface area contributed by atoms with Crippen molar-refractivity contribution < 1.29 is 14.3 Å². The van der Waals surface area contributed by atoms with Crippen molar-refractivity contribution >= 4 is 5.91 Å². The van der Waals surface area contributed by atoms with Gasteiger partial charge >= 0.3 is 0 Å². The van der Waals surface area contributed by atoms with Gasteiger partial charge in [-0.2, -0.15) is 5.10 Å². The van der Waals surface area contributed by atoms with E-state index in [0.29, 0.717) is 22.9 Å². The number of nitrogens with zero attached hydrogens (tertiary/aromatic N) is 2.